The number of anilines is 1. The molecule has 2 N–H and O–H groups in total. The van der Waals surface area contributed by atoms with Gasteiger partial charge in [0.15, 0.2) is 0 Å². The first kappa shape index (κ1) is 13.8. The molecular formula is C18H19NO2. The van der Waals surface area contributed by atoms with Crippen molar-refractivity contribution in [2.75, 3.05) is 11.9 Å². The number of aryl methyl sites for hydroxylation is 2. The summed E-state index contributed by atoms with van der Waals surface area (Å²) in [6.45, 7) is 0.140. The highest BCUT2D eigenvalue weighted by Gasteiger charge is 2.13. The Morgan fingerprint density at radius 1 is 1.05 bits per heavy atom. The molecule has 0 radical (unpaired) electrons. The second-order valence-corrected chi connectivity index (χ2v) is 5.46. The van der Waals surface area contributed by atoms with Gasteiger partial charge in [-0.25, -0.2) is 0 Å². The Labute approximate surface area is 124 Å². The van der Waals surface area contributed by atoms with E-state index < -0.39 is 0 Å². The monoisotopic (exact) mass is 281 g/mol. The van der Waals surface area contributed by atoms with E-state index in [1.165, 1.54) is 17.5 Å². The number of carbonyl (C=O) groups excluding carboxylic acids is 1. The lowest BCUT2D eigenvalue weighted by molar-refractivity contribution is 0.102. The number of amides is 1. The summed E-state index contributed by atoms with van der Waals surface area (Å²) in [5.74, 6) is -0.0698. The number of nitrogens with one attached hydrogen (secondary N) is 1. The zero-order valence-corrected chi connectivity index (χ0v) is 11.9. The largest absolute Gasteiger partial charge is 0.396 e. The molecule has 0 unspecified atom stereocenters. The van der Waals surface area contributed by atoms with Crippen molar-refractivity contribution in [1.82, 2.24) is 0 Å². The van der Waals surface area contributed by atoms with Gasteiger partial charge in [-0.3, -0.25) is 4.79 Å². The lowest BCUT2D eigenvalue weighted by Gasteiger charge is -2.08. The minimum absolute atomic E-state index is 0.0698. The van der Waals surface area contributed by atoms with Crippen molar-refractivity contribution in [3.8, 4) is 0 Å². The molecule has 3 nitrogen and oxygen atoms in total. The van der Waals surface area contributed by atoms with E-state index >= 15 is 0 Å². The van der Waals surface area contributed by atoms with Gasteiger partial charge in [-0.15, -0.1) is 0 Å². The molecule has 1 aliphatic carbocycles. The number of benzene rings is 2. The lowest BCUT2D eigenvalue weighted by Crippen LogP contribution is -2.12. The van der Waals surface area contributed by atoms with Gasteiger partial charge in [0.1, 0.15) is 0 Å². The van der Waals surface area contributed by atoms with E-state index in [1.54, 1.807) is 0 Å². The van der Waals surface area contributed by atoms with Crippen LogP contribution in [0, 0.1) is 0 Å². The summed E-state index contributed by atoms with van der Waals surface area (Å²) in [5, 5.41) is 11.8. The Balaban J connectivity index is 1.71. The van der Waals surface area contributed by atoms with Crippen molar-refractivity contribution in [3.05, 3.63) is 64.7 Å². The molecule has 1 amide bonds. The third kappa shape index (κ3) is 3.14. The van der Waals surface area contributed by atoms with E-state index in [-0.39, 0.29) is 12.5 Å². The van der Waals surface area contributed by atoms with E-state index in [4.69, 9.17) is 5.11 Å². The summed E-state index contributed by atoms with van der Waals surface area (Å²) in [4.78, 5) is 12.3. The molecule has 0 bridgehead atoms. The van der Waals surface area contributed by atoms with Crippen LogP contribution in [-0.2, 0) is 19.3 Å². The molecule has 0 saturated carbocycles. The van der Waals surface area contributed by atoms with Gasteiger partial charge in [-0.2, -0.15) is 0 Å². The van der Waals surface area contributed by atoms with E-state index in [0.29, 0.717) is 6.42 Å². The Bertz CT molecular complexity index is 647. The predicted octanol–water partition coefficient (Wildman–Crippen LogP) is 2.96. The van der Waals surface area contributed by atoms with Gasteiger partial charge in [-0.1, -0.05) is 18.2 Å². The third-order valence-corrected chi connectivity index (χ3v) is 3.97. The number of aliphatic hydroxyl groups is 1. The van der Waals surface area contributed by atoms with E-state index in [2.05, 4.69) is 11.4 Å². The number of hydrogen-bond donors (Lipinski definition) is 2. The molecule has 2 aromatic carbocycles. The molecule has 21 heavy (non-hydrogen) atoms. The van der Waals surface area contributed by atoms with Crippen molar-refractivity contribution in [2.24, 2.45) is 0 Å². The molecule has 0 aliphatic heterocycles. The molecule has 2 aromatic rings. The molecule has 3 rings (SSSR count). The maximum atomic E-state index is 12.3. The topological polar surface area (TPSA) is 49.3 Å². The van der Waals surface area contributed by atoms with E-state index in [9.17, 15) is 4.79 Å². The van der Waals surface area contributed by atoms with Crippen LogP contribution in [0.2, 0.25) is 0 Å². The van der Waals surface area contributed by atoms with Crippen molar-refractivity contribution in [1.29, 1.82) is 0 Å². The molecule has 0 atom stereocenters. The van der Waals surface area contributed by atoms with Crippen LogP contribution in [0.3, 0.4) is 0 Å². The van der Waals surface area contributed by atoms with Crippen molar-refractivity contribution >= 4 is 11.6 Å². The first-order valence-electron chi connectivity index (χ1n) is 7.39. The second kappa shape index (κ2) is 6.10. The number of aliphatic hydroxyl groups excluding tert-OH is 1. The highest BCUT2D eigenvalue weighted by molar-refractivity contribution is 6.04. The molecule has 3 heteroatoms. The van der Waals surface area contributed by atoms with E-state index in [1.807, 2.05) is 36.4 Å². The van der Waals surface area contributed by atoms with Gasteiger partial charge in [0.25, 0.3) is 5.91 Å². The maximum Gasteiger partial charge on any atom is 0.255 e. The van der Waals surface area contributed by atoms with E-state index in [0.717, 1.165) is 29.7 Å². The Morgan fingerprint density at radius 3 is 2.57 bits per heavy atom. The maximum absolute atomic E-state index is 12.3. The number of carbonyl (C=O) groups is 1. The third-order valence-electron chi connectivity index (χ3n) is 3.97. The summed E-state index contributed by atoms with van der Waals surface area (Å²) >= 11 is 0. The first-order chi connectivity index (χ1) is 10.3. The normalized spacial score (nSPS) is 13.0. The zero-order chi connectivity index (χ0) is 14.7. The molecule has 0 fully saturated rings. The molecule has 0 spiro atoms. The van der Waals surface area contributed by atoms with Crippen molar-refractivity contribution < 1.29 is 9.90 Å². The minimum Gasteiger partial charge on any atom is -0.396 e. The van der Waals surface area contributed by atoms with Gasteiger partial charge >= 0.3 is 0 Å². The van der Waals surface area contributed by atoms with Crippen LogP contribution >= 0.6 is 0 Å². The van der Waals surface area contributed by atoms with Crippen LogP contribution in [0.25, 0.3) is 0 Å². The van der Waals surface area contributed by atoms with Crippen LogP contribution in [0.4, 0.5) is 5.69 Å². The minimum atomic E-state index is -0.0698. The molecule has 108 valence electrons. The van der Waals surface area contributed by atoms with Crippen LogP contribution < -0.4 is 5.32 Å². The van der Waals surface area contributed by atoms with Gasteiger partial charge < -0.3 is 10.4 Å². The second-order valence-electron chi connectivity index (χ2n) is 5.46. The summed E-state index contributed by atoms with van der Waals surface area (Å²) in [6.07, 6.45) is 4.03. The number of rotatable bonds is 4. The van der Waals surface area contributed by atoms with Crippen LogP contribution in [0.15, 0.2) is 42.5 Å². The molecule has 0 saturated heterocycles. The summed E-state index contributed by atoms with van der Waals surface area (Å²) < 4.78 is 0. The zero-order valence-electron chi connectivity index (χ0n) is 11.9. The number of fused-ring (bicyclic) bond motifs is 1. The Kier molecular flexibility index (Phi) is 4.02. The lowest BCUT2D eigenvalue weighted by atomic mass is 10.1. The van der Waals surface area contributed by atoms with Crippen molar-refractivity contribution in [3.63, 3.8) is 0 Å². The Hall–Kier alpha value is -2.13. The van der Waals surface area contributed by atoms with Crippen LogP contribution in [0.1, 0.15) is 33.5 Å². The van der Waals surface area contributed by atoms with Gasteiger partial charge in [0.05, 0.1) is 0 Å². The highest BCUT2D eigenvalue weighted by atomic mass is 16.2. The smallest absolute Gasteiger partial charge is 0.255 e. The molecule has 1 aliphatic rings. The fourth-order valence-corrected chi connectivity index (χ4v) is 2.80. The van der Waals surface area contributed by atoms with Crippen LogP contribution in [0.5, 0.6) is 0 Å². The fraction of sp³-hybridized carbons (Fsp3) is 0.278. The van der Waals surface area contributed by atoms with Crippen LogP contribution in [-0.4, -0.2) is 17.6 Å². The molecule has 0 aromatic heterocycles. The molecular weight excluding hydrogens is 262 g/mol. The van der Waals surface area contributed by atoms with Crippen molar-refractivity contribution in [2.45, 2.75) is 25.7 Å². The van der Waals surface area contributed by atoms with Gasteiger partial charge in [-0.05, 0) is 66.6 Å². The number of hydrogen-bond acceptors (Lipinski definition) is 2. The first-order valence-corrected chi connectivity index (χ1v) is 7.39. The summed E-state index contributed by atoms with van der Waals surface area (Å²) in [5.41, 5.74) is 5.24. The quantitative estimate of drug-likeness (QED) is 0.905. The fourth-order valence-electron chi connectivity index (χ4n) is 2.80. The SMILES string of the molecule is O=C(Nc1ccc(CCO)cc1)c1ccc2c(c1)CCC2. The molecule has 0 heterocycles. The predicted molar refractivity (Wildman–Crippen MR) is 83.7 cm³/mol. The standard InChI is InChI=1S/C18H19NO2/c20-11-10-13-4-8-17(9-5-13)19-18(21)16-7-6-14-2-1-3-15(14)12-16/h4-9,12,20H,1-3,10-11H2,(H,19,21). The summed E-state index contributed by atoms with van der Waals surface area (Å²) in [7, 11) is 0. The van der Waals surface area contributed by atoms with Gasteiger partial charge in [0.2, 0.25) is 0 Å². The Morgan fingerprint density at radius 2 is 1.81 bits per heavy atom. The average molecular weight is 281 g/mol. The average Bonchev–Trinajstić information content (AvgIpc) is 2.97. The van der Waals surface area contributed by atoms with Gasteiger partial charge in [0, 0.05) is 17.9 Å². The summed E-state index contributed by atoms with van der Waals surface area (Å²) in [6, 6.07) is 13.6. The highest BCUT2D eigenvalue weighted by Crippen LogP contribution is 2.23.